The highest BCUT2D eigenvalue weighted by Crippen LogP contribution is 2.25. The Kier molecular flexibility index (Phi) is 6.06. The summed E-state index contributed by atoms with van der Waals surface area (Å²) in [6.07, 6.45) is 0. The van der Waals surface area contributed by atoms with Crippen LogP contribution >= 0.6 is 11.6 Å². The number of aliphatic hydroxyl groups is 1. The second-order valence-electron chi connectivity index (χ2n) is 5.61. The smallest absolute Gasteiger partial charge is 0.260 e. The molecule has 0 aliphatic carbocycles. The maximum atomic E-state index is 12.2. The highest BCUT2D eigenvalue weighted by molar-refractivity contribution is 6.32. The normalized spacial score (nSPS) is 15.9. The first-order valence-corrected chi connectivity index (χ1v) is 7.89. The zero-order valence-electron chi connectivity index (χ0n) is 13.1. The van der Waals surface area contributed by atoms with Gasteiger partial charge in [-0.2, -0.15) is 0 Å². The van der Waals surface area contributed by atoms with Gasteiger partial charge in [-0.05, 0) is 37.1 Å². The lowest BCUT2D eigenvalue weighted by atomic mass is 10.1. The Bertz CT molecular complexity index is 505. The van der Waals surface area contributed by atoms with Gasteiger partial charge in [-0.25, -0.2) is 0 Å². The van der Waals surface area contributed by atoms with Crippen LogP contribution < -0.4 is 4.74 Å². The van der Waals surface area contributed by atoms with Crippen molar-refractivity contribution in [1.29, 1.82) is 0 Å². The van der Waals surface area contributed by atoms with Crippen LogP contribution in [-0.2, 0) is 4.79 Å². The number of aliphatic hydroxyl groups excluding tert-OH is 1. The number of aryl methyl sites for hydroxylation is 2. The van der Waals surface area contributed by atoms with Gasteiger partial charge in [0, 0.05) is 37.7 Å². The highest BCUT2D eigenvalue weighted by atomic mass is 35.5. The van der Waals surface area contributed by atoms with Crippen molar-refractivity contribution in [3.63, 3.8) is 0 Å². The topological polar surface area (TPSA) is 53.0 Å². The molecule has 6 heteroatoms. The van der Waals surface area contributed by atoms with Crippen LogP contribution in [0.2, 0.25) is 5.02 Å². The minimum absolute atomic E-state index is 0.00564. The van der Waals surface area contributed by atoms with E-state index in [4.69, 9.17) is 21.4 Å². The number of amides is 1. The first-order chi connectivity index (χ1) is 10.5. The van der Waals surface area contributed by atoms with Crippen molar-refractivity contribution in [3.8, 4) is 5.75 Å². The van der Waals surface area contributed by atoms with Gasteiger partial charge in [0.05, 0.1) is 6.61 Å². The second kappa shape index (κ2) is 7.81. The number of ether oxygens (including phenoxy) is 1. The van der Waals surface area contributed by atoms with Crippen LogP contribution in [0.3, 0.4) is 0 Å². The summed E-state index contributed by atoms with van der Waals surface area (Å²) in [5.41, 5.74) is 1.89. The fourth-order valence-electron chi connectivity index (χ4n) is 2.59. The lowest BCUT2D eigenvalue weighted by Gasteiger charge is -2.34. The average Bonchev–Trinajstić information content (AvgIpc) is 2.51. The Morgan fingerprint density at radius 3 is 2.36 bits per heavy atom. The average molecular weight is 327 g/mol. The number of carbonyl (C=O) groups excluding carboxylic acids is 1. The molecule has 2 rings (SSSR count). The fraction of sp³-hybridized carbons (Fsp3) is 0.562. The third-order valence-electron chi connectivity index (χ3n) is 3.91. The number of hydrogen-bond donors (Lipinski definition) is 1. The summed E-state index contributed by atoms with van der Waals surface area (Å²) in [5.74, 6) is 0.667. The summed E-state index contributed by atoms with van der Waals surface area (Å²) >= 11 is 6.12. The van der Waals surface area contributed by atoms with E-state index in [2.05, 4.69) is 4.90 Å². The van der Waals surface area contributed by atoms with Crippen LogP contribution in [0.5, 0.6) is 5.75 Å². The van der Waals surface area contributed by atoms with E-state index in [1.54, 1.807) is 0 Å². The van der Waals surface area contributed by atoms with Crippen molar-refractivity contribution in [3.05, 3.63) is 28.3 Å². The second-order valence-corrected chi connectivity index (χ2v) is 5.98. The van der Waals surface area contributed by atoms with Gasteiger partial charge in [-0.15, -0.1) is 0 Å². The predicted octanol–water partition coefficient (Wildman–Crippen LogP) is 1.47. The van der Waals surface area contributed by atoms with Crippen LogP contribution in [0.15, 0.2) is 12.1 Å². The Balaban J connectivity index is 1.83. The molecule has 1 aliphatic rings. The number of piperazine rings is 1. The largest absolute Gasteiger partial charge is 0.484 e. The molecular weight excluding hydrogens is 304 g/mol. The summed E-state index contributed by atoms with van der Waals surface area (Å²) in [6, 6.07) is 3.70. The minimum atomic E-state index is -0.00564. The van der Waals surface area contributed by atoms with Crippen LogP contribution in [0, 0.1) is 13.8 Å². The molecule has 0 aromatic heterocycles. The molecule has 1 aromatic carbocycles. The summed E-state index contributed by atoms with van der Waals surface area (Å²) in [7, 11) is 0. The van der Waals surface area contributed by atoms with Gasteiger partial charge in [0.25, 0.3) is 5.91 Å². The van der Waals surface area contributed by atoms with E-state index >= 15 is 0 Å². The van der Waals surface area contributed by atoms with Gasteiger partial charge >= 0.3 is 0 Å². The maximum absolute atomic E-state index is 12.2. The van der Waals surface area contributed by atoms with E-state index in [-0.39, 0.29) is 19.1 Å². The third kappa shape index (κ3) is 4.35. The Labute approximate surface area is 136 Å². The van der Waals surface area contributed by atoms with Gasteiger partial charge in [0.1, 0.15) is 5.75 Å². The molecule has 0 saturated carbocycles. The molecule has 0 spiro atoms. The van der Waals surface area contributed by atoms with Crippen molar-refractivity contribution in [1.82, 2.24) is 9.80 Å². The first-order valence-electron chi connectivity index (χ1n) is 7.52. The molecule has 0 atom stereocenters. The molecule has 1 aliphatic heterocycles. The van der Waals surface area contributed by atoms with Crippen LogP contribution in [0.1, 0.15) is 11.1 Å². The van der Waals surface area contributed by atoms with Gasteiger partial charge in [0.15, 0.2) is 6.61 Å². The Morgan fingerprint density at radius 1 is 1.23 bits per heavy atom. The summed E-state index contributed by atoms with van der Waals surface area (Å²) in [4.78, 5) is 16.1. The summed E-state index contributed by atoms with van der Waals surface area (Å²) in [5, 5.41) is 9.65. The lowest BCUT2D eigenvalue weighted by Crippen LogP contribution is -2.50. The number of carbonyl (C=O) groups is 1. The highest BCUT2D eigenvalue weighted by Gasteiger charge is 2.21. The lowest BCUT2D eigenvalue weighted by molar-refractivity contribution is -0.135. The third-order valence-corrected chi connectivity index (χ3v) is 4.51. The van der Waals surface area contributed by atoms with Crippen LogP contribution in [0.25, 0.3) is 0 Å². The molecule has 0 bridgehead atoms. The molecule has 1 N–H and O–H groups in total. The zero-order chi connectivity index (χ0) is 16.1. The molecule has 1 saturated heterocycles. The van der Waals surface area contributed by atoms with Gasteiger partial charge in [0.2, 0.25) is 0 Å². The number of nitrogens with zero attached hydrogens (tertiary/aromatic N) is 2. The van der Waals surface area contributed by atoms with Crippen molar-refractivity contribution < 1.29 is 14.6 Å². The summed E-state index contributed by atoms with van der Waals surface area (Å²) in [6.45, 7) is 7.67. The number of hydrogen-bond acceptors (Lipinski definition) is 4. The molecule has 1 aromatic rings. The Morgan fingerprint density at radius 2 is 1.82 bits per heavy atom. The standard InChI is InChI=1S/C16H23ClN2O3/c1-12-9-14(10-13(2)16(12)17)22-11-15(21)19-5-3-18(4-6-19)7-8-20/h9-10,20H,3-8,11H2,1-2H3. The van der Waals surface area contributed by atoms with Crippen molar-refractivity contribution in [2.24, 2.45) is 0 Å². The molecular formula is C16H23ClN2O3. The molecule has 1 fully saturated rings. The van der Waals surface area contributed by atoms with E-state index in [0.717, 1.165) is 29.2 Å². The fourth-order valence-corrected chi connectivity index (χ4v) is 2.70. The molecule has 1 amide bonds. The van der Waals surface area contributed by atoms with Crippen molar-refractivity contribution in [2.75, 3.05) is 45.9 Å². The quantitative estimate of drug-likeness (QED) is 0.890. The maximum Gasteiger partial charge on any atom is 0.260 e. The number of rotatable bonds is 5. The van der Waals surface area contributed by atoms with Gasteiger partial charge in [-0.3, -0.25) is 9.69 Å². The number of benzene rings is 1. The van der Waals surface area contributed by atoms with Crippen molar-refractivity contribution in [2.45, 2.75) is 13.8 Å². The van der Waals surface area contributed by atoms with Crippen LogP contribution in [-0.4, -0.2) is 66.8 Å². The predicted molar refractivity (Wildman–Crippen MR) is 86.5 cm³/mol. The molecule has 0 unspecified atom stereocenters. The molecule has 5 nitrogen and oxygen atoms in total. The van der Waals surface area contributed by atoms with Crippen LogP contribution in [0.4, 0.5) is 0 Å². The number of β-amino-alcohol motifs (C(OH)–C–C–N with tert-alkyl or cyclic N) is 1. The molecule has 22 heavy (non-hydrogen) atoms. The minimum Gasteiger partial charge on any atom is -0.484 e. The van der Waals surface area contributed by atoms with E-state index in [0.29, 0.717) is 25.4 Å². The van der Waals surface area contributed by atoms with E-state index in [1.807, 2.05) is 30.9 Å². The zero-order valence-corrected chi connectivity index (χ0v) is 13.9. The summed E-state index contributed by atoms with van der Waals surface area (Å²) < 4.78 is 5.61. The SMILES string of the molecule is Cc1cc(OCC(=O)N2CCN(CCO)CC2)cc(C)c1Cl. The molecule has 122 valence electrons. The molecule has 0 radical (unpaired) electrons. The first kappa shape index (κ1) is 17.1. The van der Waals surface area contributed by atoms with Crippen molar-refractivity contribution >= 4 is 17.5 Å². The Hall–Kier alpha value is -1.30. The van der Waals surface area contributed by atoms with E-state index < -0.39 is 0 Å². The van der Waals surface area contributed by atoms with Gasteiger partial charge in [-0.1, -0.05) is 11.6 Å². The number of halogens is 1. The monoisotopic (exact) mass is 326 g/mol. The van der Waals surface area contributed by atoms with Gasteiger partial charge < -0.3 is 14.7 Å². The van der Waals surface area contributed by atoms with E-state index in [9.17, 15) is 4.79 Å². The van der Waals surface area contributed by atoms with E-state index in [1.165, 1.54) is 0 Å². The molecule has 1 heterocycles.